The molecular weight excluding hydrogens is 482 g/mol. The molecule has 0 N–H and O–H groups in total. The van der Waals surface area contributed by atoms with Crippen molar-refractivity contribution in [1.29, 1.82) is 0 Å². The molecule has 174 valence electrons. The molecular formula is C26H36BrNO3Si. The van der Waals surface area contributed by atoms with Gasteiger partial charge in [0.25, 0.3) is 8.32 Å². The molecule has 4 nitrogen and oxygen atoms in total. The van der Waals surface area contributed by atoms with E-state index in [0.717, 1.165) is 28.1 Å². The fourth-order valence-electron chi connectivity index (χ4n) is 4.69. The van der Waals surface area contributed by atoms with Crippen molar-refractivity contribution < 1.29 is 14.0 Å². The first-order valence-electron chi connectivity index (χ1n) is 11.7. The van der Waals surface area contributed by atoms with Crippen molar-refractivity contribution >= 4 is 30.0 Å². The number of halogens is 1. The van der Waals surface area contributed by atoms with Gasteiger partial charge in [-0.05, 0) is 65.2 Å². The van der Waals surface area contributed by atoms with Gasteiger partial charge in [0.1, 0.15) is 17.2 Å². The third-order valence-electron chi connectivity index (χ3n) is 6.58. The Morgan fingerprint density at radius 3 is 2.16 bits per heavy atom. The van der Waals surface area contributed by atoms with Crippen LogP contribution in [0, 0.1) is 5.92 Å². The predicted molar refractivity (Wildman–Crippen MR) is 136 cm³/mol. The summed E-state index contributed by atoms with van der Waals surface area (Å²) in [6.45, 7) is 14.3. The summed E-state index contributed by atoms with van der Waals surface area (Å²) in [6, 6.07) is 9.53. The molecule has 32 heavy (non-hydrogen) atoms. The van der Waals surface area contributed by atoms with Gasteiger partial charge in [-0.2, -0.15) is 0 Å². The molecule has 0 radical (unpaired) electrons. The van der Waals surface area contributed by atoms with Gasteiger partial charge in [-0.25, -0.2) is 4.98 Å². The van der Waals surface area contributed by atoms with E-state index in [1.807, 2.05) is 24.3 Å². The van der Waals surface area contributed by atoms with Crippen molar-refractivity contribution in [1.82, 2.24) is 4.98 Å². The summed E-state index contributed by atoms with van der Waals surface area (Å²) in [4.78, 5) is 17.3. The quantitative estimate of drug-likeness (QED) is 0.227. The van der Waals surface area contributed by atoms with Crippen LogP contribution in [0.4, 0.5) is 0 Å². The molecule has 1 aliphatic carbocycles. The number of nitrogens with zero attached hydrogens (tertiary/aromatic N) is 1. The number of hydrogen-bond donors (Lipinski definition) is 0. The highest BCUT2D eigenvalue weighted by Crippen LogP contribution is 2.42. The predicted octanol–water partition coefficient (Wildman–Crippen LogP) is 7.61. The van der Waals surface area contributed by atoms with Crippen molar-refractivity contribution in [2.45, 2.75) is 77.4 Å². The highest BCUT2D eigenvalue weighted by molar-refractivity contribution is 9.10. The zero-order valence-corrected chi connectivity index (χ0v) is 22.7. The van der Waals surface area contributed by atoms with Crippen LogP contribution in [0.25, 0.3) is 0 Å². The van der Waals surface area contributed by atoms with Gasteiger partial charge in [0.2, 0.25) is 0 Å². The summed E-state index contributed by atoms with van der Waals surface area (Å²) in [5, 5.41) is 0. The maximum Gasteiger partial charge on any atom is 0.258 e. The Morgan fingerprint density at radius 1 is 1.03 bits per heavy atom. The highest BCUT2D eigenvalue weighted by Gasteiger charge is 2.47. The van der Waals surface area contributed by atoms with E-state index in [9.17, 15) is 4.79 Å². The van der Waals surface area contributed by atoms with Crippen LogP contribution >= 0.6 is 15.9 Å². The van der Waals surface area contributed by atoms with Crippen LogP contribution in [0.3, 0.4) is 0 Å². The van der Waals surface area contributed by atoms with Gasteiger partial charge in [-0.3, -0.25) is 4.79 Å². The second-order valence-electron chi connectivity index (χ2n) is 9.91. The van der Waals surface area contributed by atoms with Crippen LogP contribution in [-0.2, 0) is 6.42 Å². The molecule has 0 aliphatic heterocycles. The number of hydrogen-bond acceptors (Lipinski definition) is 4. The zero-order valence-electron chi connectivity index (χ0n) is 20.2. The second kappa shape index (κ2) is 10.5. The smallest absolute Gasteiger partial charge is 0.258 e. The average molecular weight is 519 g/mol. The molecule has 1 aliphatic rings. The van der Waals surface area contributed by atoms with Crippen LogP contribution in [0.1, 0.15) is 70.4 Å². The molecule has 6 heteroatoms. The maximum absolute atomic E-state index is 12.8. The van der Waals surface area contributed by atoms with Gasteiger partial charge in [0.15, 0.2) is 5.78 Å². The van der Waals surface area contributed by atoms with Crippen molar-refractivity contribution in [3.05, 3.63) is 52.3 Å². The van der Waals surface area contributed by atoms with Crippen molar-refractivity contribution in [2.24, 2.45) is 5.92 Å². The van der Waals surface area contributed by atoms with E-state index in [4.69, 9.17) is 9.16 Å². The first-order chi connectivity index (χ1) is 15.1. The molecule has 0 saturated heterocycles. The summed E-state index contributed by atoms with van der Waals surface area (Å²) in [6.07, 6.45) is 4.53. The molecule has 0 spiro atoms. The average Bonchev–Trinajstić information content (AvgIpc) is 3.56. The number of ketones is 1. The molecule has 0 bridgehead atoms. The second-order valence-corrected chi connectivity index (χ2v) is 16.1. The minimum Gasteiger partial charge on any atom is -0.542 e. The van der Waals surface area contributed by atoms with Gasteiger partial charge in [-0.15, -0.1) is 0 Å². The topological polar surface area (TPSA) is 48.4 Å². The number of ether oxygens (including phenoxy) is 1. The van der Waals surface area contributed by atoms with Crippen LogP contribution in [0.5, 0.6) is 11.5 Å². The normalized spacial score (nSPS) is 14.3. The fourth-order valence-corrected chi connectivity index (χ4v) is 10.4. The molecule has 1 aromatic heterocycles. The van der Waals surface area contributed by atoms with Crippen LogP contribution in [0.2, 0.25) is 16.6 Å². The van der Waals surface area contributed by atoms with Crippen molar-refractivity contribution in [2.75, 3.05) is 6.61 Å². The van der Waals surface area contributed by atoms with E-state index >= 15 is 0 Å². The lowest BCUT2D eigenvalue weighted by Gasteiger charge is -2.42. The lowest BCUT2D eigenvalue weighted by atomic mass is 10.1. The number of rotatable bonds is 11. The van der Waals surface area contributed by atoms with E-state index in [1.54, 1.807) is 12.3 Å². The van der Waals surface area contributed by atoms with Gasteiger partial charge in [0.05, 0.1) is 12.8 Å². The molecule has 1 saturated carbocycles. The Morgan fingerprint density at radius 2 is 1.66 bits per heavy atom. The van der Waals surface area contributed by atoms with Crippen LogP contribution in [0.15, 0.2) is 41.0 Å². The molecule has 1 fully saturated rings. The molecule has 1 heterocycles. The third kappa shape index (κ3) is 5.82. The summed E-state index contributed by atoms with van der Waals surface area (Å²) in [7, 11) is -2.04. The summed E-state index contributed by atoms with van der Waals surface area (Å²) >= 11 is 3.59. The fraction of sp³-hybridized carbons (Fsp3) is 0.538. The molecule has 0 unspecified atom stereocenters. The standard InChI is InChI=1S/C26H36BrNO3Si/c1-17(2)32(18(3)4,19(5)6)31-23-11-12-25(28-15-23)26(29)13-21-9-10-22(14-24(21)27)30-16-20-7-8-20/h9-12,14-15,17-20H,7-8,13,16H2,1-6H3. The minimum atomic E-state index is -2.04. The van der Waals surface area contributed by atoms with E-state index < -0.39 is 8.32 Å². The first-order valence-corrected chi connectivity index (χ1v) is 14.7. The van der Waals surface area contributed by atoms with Crippen molar-refractivity contribution in [3.8, 4) is 11.5 Å². The Kier molecular flexibility index (Phi) is 8.20. The SMILES string of the molecule is CC(C)[Si](Oc1ccc(C(=O)Cc2ccc(OCC3CC3)cc2Br)nc1)(C(C)C)C(C)C. The minimum absolute atomic E-state index is 0.0102. The summed E-state index contributed by atoms with van der Waals surface area (Å²) < 4.78 is 13.4. The Balaban J connectivity index is 1.67. The number of carbonyl (C=O) groups excluding carboxylic acids is 1. The molecule has 0 amide bonds. The van der Waals surface area contributed by atoms with Crippen LogP contribution < -0.4 is 9.16 Å². The Hall–Kier alpha value is -1.66. The molecule has 2 aromatic rings. The summed E-state index contributed by atoms with van der Waals surface area (Å²) in [5.74, 6) is 2.31. The number of aromatic nitrogens is 1. The third-order valence-corrected chi connectivity index (χ3v) is 13.3. The maximum atomic E-state index is 12.8. The molecule has 1 aromatic carbocycles. The number of Topliss-reactive ketones (excluding diaryl/α,β-unsaturated/α-hetero) is 1. The zero-order chi connectivity index (χ0) is 23.5. The molecule has 3 rings (SSSR count). The van der Waals surface area contributed by atoms with Gasteiger partial charge in [-0.1, -0.05) is 63.5 Å². The Bertz CT molecular complexity index is 901. The van der Waals surface area contributed by atoms with Crippen LogP contribution in [-0.4, -0.2) is 25.7 Å². The lowest BCUT2D eigenvalue weighted by Crippen LogP contribution is -2.50. The number of carbonyl (C=O) groups is 1. The number of benzene rings is 1. The number of pyridine rings is 1. The monoisotopic (exact) mass is 517 g/mol. The lowest BCUT2D eigenvalue weighted by molar-refractivity contribution is 0.0988. The van der Waals surface area contributed by atoms with E-state index in [0.29, 0.717) is 34.7 Å². The van der Waals surface area contributed by atoms with Gasteiger partial charge >= 0.3 is 0 Å². The molecule has 0 atom stereocenters. The van der Waals surface area contributed by atoms with E-state index in [-0.39, 0.29) is 5.78 Å². The highest BCUT2D eigenvalue weighted by atomic mass is 79.9. The van der Waals surface area contributed by atoms with Gasteiger partial charge in [0, 0.05) is 10.9 Å². The first kappa shape index (κ1) is 25.0. The van der Waals surface area contributed by atoms with Crippen molar-refractivity contribution in [3.63, 3.8) is 0 Å². The summed E-state index contributed by atoms with van der Waals surface area (Å²) in [5.41, 5.74) is 2.85. The largest absolute Gasteiger partial charge is 0.542 e. The van der Waals surface area contributed by atoms with E-state index in [1.165, 1.54) is 12.8 Å². The Labute approximate surface area is 202 Å². The van der Waals surface area contributed by atoms with E-state index in [2.05, 4.69) is 62.5 Å². The van der Waals surface area contributed by atoms with Gasteiger partial charge < -0.3 is 9.16 Å².